The standard InChI is InChI=1S/C13H22N4O3S/c1-16(2)7-11-5-12(18)8-17(11)10-3-9(14)4-13(6-10)21(15,19)20/h3-4,6,11-12,18H,5,7-8,14H2,1-2H3,(H2,15,19,20). The Balaban J connectivity index is 2.38. The van der Waals surface area contributed by atoms with Crippen molar-refractivity contribution in [2.45, 2.75) is 23.5 Å². The number of aliphatic hydroxyl groups is 1. The van der Waals surface area contributed by atoms with Gasteiger partial charge in [0.15, 0.2) is 0 Å². The number of likely N-dealkylation sites (N-methyl/N-ethyl adjacent to an activating group) is 1. The molecule has 0 bridgehead atoms. The maximum atomic E-state index is 11.5. The van der Waals surface area contributed by atoms with Crippen molar-refractivity contribution in [2.24, 2.45) is 5.14 Å². The number of aliphatic hydroxyl groups excluding tert-OH is 1. The van der Waals surface area contributed by atoms with Gasteiger partial charge in [0.1, 0.15) is 0 Å². The van der Waals surface area contributed by atoms with Crippen LogP contribution in [0.25, 0.3) is 0 Å². The van der Waals surface area contributed by atoms with Crippen LogP contribution in [-0.2, 0) is 10.0 Å². The van der Waals surface area contributed by atoms with Crippen molar-refractivity contribution in [3.63, 3.8) is 0 Å². The minimum absolute atomic E-state index is 0.0116. The molecule has 0 aliphatic carbocycles. The first kappa shape index (κ1) is 16.0. The first-order chi connectivity index (χ1) is 9.66. The highest BCUT2D eigenvalue weighted by Crippen LogP contribution is 2.30. The number of nitrogens with two attached hydrogens (primary N) is 2. The molecule has 1 saturated heterocycles. The molecule has 8 heteroatoms. The lowest BCUT2D eigenvalue weighted by molar-refractivity contribution is 0.191. The quantitative estimate of drug-likeness (QED) is 0.641. The lowest BCUT2D eigenvalue weighted by Crippen LogP contribution is -2.37. The van der Waals surface area contributed by atoms with Crippen LogP contribution in [0.5, 0.6) is 0 Å². The summed E-state index contributed by atoms with van der Waals surface area (Å²) in [5.41, 5.74) is 6.79. The third kappa shape index (κ3) is 3.85. The van der Waals surface area contributed by atoms with E-state index in [2.05, 4.69) is 0 Å². The molecule has 5 N–H and O–H groups in total. The molecule has 0 spiro atoms. The Bertz CT molecular complexity index is 618. The molecule has 2 atom stereocenters. The summed E-state index contributed by atoms with van der Waals surface area (Å²) < 4.78 is 23.0. The topological polar surface area (TPSA) is 113 Å². The van der Waals surface area contributed by atoms with E-state index in [9.17, 15) is 13.5 Å². The lowest BCUT2D eigenvalue weighted by atomic mass is 10.2. The normalized spacial score (nSPS) is 23.0. The zero-order chi connectivity index (χ0) is 15.8. The predicted molar refractivity (Wildman–Crippen MR) is 82.5 cm³/mol. The number of sulfonamides is 1. The van der Waals surface area contributed by atoms with Crippen molar-refractivity contribution >= 4 is 21.4 Å². The van der Waals surface area contributed by atoms with Gasteiger partial charge in [0.05, 0.1) is 11.0 Å². The van der Waals surface area contributed by atoms with Crippen LogP contribution in [0.2, 0.25) is 0 Å². The highest BCUT2D eigenvalue weighted by molar-refractivity contribution is 7.89. The molecule has 1 heterocycles. The molecule has 0 aromatic heterocycles. The lowest BCUT2D eigenvalue weighted by Gasteiger charge is -2.29. The number of nitrogen functional groups attached to an aromatic ring is 1. The fraction of sp³-hybridized carbons (Fsp3) is 0.538. The average molecular weight is 314 g/mol. The van der Waals surface area contributed by atoms with E-state index in [0.717, 1.165) is 6.54 Å². The van der Waals surface area contributed by atoms with Crippen molar-refractivity contribution in [1.29, 1.82) is 0 Å². The Labute approximate surface area is 125 Å². The molecule has 0 saturated carbocycles. The first-order valence-electron chi connectivity index (χ1n) is 6.69. The van der Waals surface area contributed by atoms with Crippen LogP contribution < -0.4 is 15.8 Å². The van der Waals surface area contributed by atoms with Gasteiger partial charge in [-0.3, -0.25) is 0 Å². The van der Waals surface area contributed by atoms with Crippen molar-refractivity contribution in [1.82, 2.24) is 4.90 Å². The molecule has 2 rings (SSSR count). The average Bonchev–Trinajstić information content (AvgIpc) is 2.67. The number of benzene rings is 1. The molecular formula is C13H22N4O3S. The summed E-state index contributed by atoms with van der Waals surface area (Å²) in [7, 11) is 0.102. The Morgan fingerprint density at radius 3 is 2.62 bits per heavy atom. The Kier molecular flexibility index (Phi) is 4.43. The minimum atomic E-state index is -3.81. The van der Waals surface area contributed by atoms with Crippen LogP contribution in [0.1, 0.15) is 6.42 Å². The zero-order valence-corrected chi connectivity index (χ0v) is 13.0. The largest absolute Gasteiger partial charge is 0.399 e. The summed E-state index contributed by atoms with van der Waals surface area (Å²) in [5, 5.41) is 15.1. The maximum absolute atomic E-state index is 11.5. The molecule has 1 aliphatic rings. The number of primary sulfonamides is 1. The SMILES string of the molecule is CN(C)CC1CC(O)CN1c1cc(N)cc(S(N)(=O)=O)c1. The highest BCUT2D eigenvalue weighted by Gasteiger charge is 2.32. The van der Waals surface area contributed by atoms with E-state index in [-0.39, 0.29) is 10.9 Å². The summed E-state index contributed by atoms with van der Waals surface area (Å²) in [6, 6.07) is 4.65. The Hall–Kier alpha value is -1.35. The molecule has 21 heavy (non-hydrogen) atoms. The van der Waals surface area contributed by atoms with Gasteiger partial charge >= 0.3 is 0 Å². The second-order valence-electron chi connectivity index (χ2n) is 5.76. The van der Waals surface area contributed by atoms with E-state index in [1.165, 1.54) is 12.1 Å². The van der Waals surface area contributed by atoms with E-state index in [4.69, 9.17) is 10.9 Å². The summed E-state index contributed by atoms with van der Waals surface area (Å²) in [6.45, 7) is 1.21. The van der Waals surface area contributed by atoms with Crippen LogP contribution in [-0.4, -0.2) is 57.8 Å². The van der Waals surface area contributed by atoms with E-state index in [1.54, 1.807) is 6.07 Å². The van der Waals surface area contributed by atoms with Gasteiger partial charge in [0.2, 0.25) is 10.0 Å². The first-order valence-corrected chi connectivity index (χ1v) is 8.24. The molecule has 0 amide bonds. The monoisotopic (exact) mass is 314 g/mol. The van der Waals surface area contributed by atoms with Gasteiger partial charge in [-0.05, 0) is 38.7 Å². The predicted octanol–water partition coefficient (Wildman–Crippen LogP) is -0.583. The molecule has 1 aromatic carbocycles. The van der Waals surface area contributed by atoms with Gasteiger partial charge in [-0.25, -0.2) is 13.6 Å². The van der Waals surface area contributed by atoms with Crippen molar-refractivity contribution in [3.8, 4) is 0 Å². The molecule has 2 unspecified atom stereocenters. The minimum Gasteiger partial charge on any atom is -0.399 e. The number of anilines is 2. The van der Waals surface area contributed by atoms with Crippen molar-refractivity contribution in [2.75, 3.05) is 37.8 Å². The van der Waals surface area contributed by atoms with Gasteiger partial charge in [0, 0.05) is 30.5 Å². The van der Waals surface area contributed by atoms with Gasteiger partial charge in [-0.15, -0.1) is 0 Å². The number of β-amino-alcohol motifs (C(OH)–C–C–N with tert-alkyl or cyclic N) is 1. The number of nitrogens with zero attached hydrogens (tertiary/aromatic N) is 2. The Morgan fingerprint density at radius 1 is 1.38 bits per heavy atom. The van der Waals surface area contributed by atoms with Crippen molar-refractivity contribution in [3.05, 3.63) is 18.2 Å². The molecule has 7 nitrogen and oxygen atoms in total. The molecule has 0 radical (unpaired) electrons. The van der Waals surface area contributed by atoms with Crippen LogP contribution in [0.3, 0.4) is 0 Å². The third-order valence-electron chi connectivity index (χ3n) is 3.54. The zero-order valence-electron chi connectivity index (χ0n) is 12.2. The Morgan fingerprint density at radius 2 is 2.05 bits per heavy atom. The smallest absolute Gasteiger partial charge is 0.238 e. The molecular weight excluding hydrogens is 292 g/mol. The second kappa shape index (κ2) is 5.80. The van der Waals surface area contributed by atoms with Crippen LogP contribution in [0.15, 0.2) is 23.1 Å². The highest BCUT2D eigenvalue weighted by atomic mass is 32.2. The molecule has 1 aliphatic heterocycles. The van der Waals surface area contributed by atoms with Crippen molar-refractivity contribution < 1.29 is 13.5 Å². The summed E-state index contributed by atoms with van der Waals surface area (Å²) in [5.74, 6) is 0. The van der Waals surface area contributed by atoms with E-state index in [1.807, 2.05) is 23.9 Å². The molecule has 118 valence electrons. The summed E-state index contributed by atoms with van der Waals surface area (Å²) >= 11 is 0. The second-order valence-corrected chi connectivity index (χ2v) is 7.32. The van der Waals surface area contributed by atoms with E-state index in [0.29, 0.717) is 24.3 Å². The van der Waals surface area contributed by atoms with Crippen LogP contribution >= 0.6 is 0 Å². The summed E-state index contributed by atoms with van der Waals surface area (Å²) in [6.07, 6.45) is 0.201. The number of hydrogen-bond acceptors (Lipinski definition) is 6. The third-order valence-corrected chi connectivity index (χ3v) is 4.43. The maximum Gasteiger partial charge on any atom is 0.238 e. The van der Waals surface area contributed by atoms with Gasteiger partial charge in [0.25, 0.3) is 0 Å². The fourth-order valence-electron chi connectivity index (χ4n) is 2.74. The fourth-order valence-corrected chi connectivity index (χ4v) is 3.32. The summed E-state index contributed by atoms with van der Waals surface area (Å²) in [4.78, 5) is 4.00. The number of hydrogen-bond donors (Lipinski definition) is 3. The molecule has 1 aromatic rings. The van der Waals surface area contributed by atoms with E-state index < -0.39 is 16.1 Å². The van der Waals surface area contributed by atoms with E-state index >= 15 is 0 Å². The van der Waals surface area contributed by atoms with Crippen LogP contribution in [0.4, 0.5) is 11.4 Å². The number of rotatable bonds is 4. The van der Waals surface area contributed by atoms with Gasteiger partial charge in [-0.2, -0.15) is 0 Å². The molecule has 1 fully saturated rings. The van der Waals surface area contributed by atoms with Crippen LogP contribution in [0, 0.1) is 0 Å². The van der Waals surface area contributed by atoms with Gasteiger partial charge < -0.3 is 20.6 Å². The van der Waals surface area contributed by atoms with Gasteiger partial charge in [-0.1, -0.05) is 0 Å².